The Labute approximate surface area is 101 Å². The summed E-state index contributed by atoms with van der Waals surface area (Å²) < 4.78 is 5.28. The van der Waals surface area contributed by atoms with Crippen LogP contribution in [0.25, 0.3) is 0 Å². The van der Waals surface area contributed by atoms with Crippen LogP contribution in [-0.2, 0) is 0 Å². The molecule has 0 saturated heterocycles. The molecule has 1 unspecified atom stereocenters. The number of methoxy groups -OCH3 is 1. The number of benzene rings is 1. The number of hydrogen-bond donors (Lipinski definition) is 1. The van der Waals surface area contributed by atoms with Gasteiger partial charge in [-0.25, -0.2) is 0 Å². The molecule has 3 heteroatoms. The summed E-state index contributed by atoms with van der Waals surface area (Å²) in [6, 6.07) is 11.6. The maximum atomic E-state index is 6.22. The van der Waals surface area contributed by atoms with E-state index in [4.69, 9.17) is 10.5 Å². The molecule has 0 aliphatic carbocycles. The summed E-state index contributed by atoms with van der Waals surface area (Å²) in [5.41, 5.74) is 9.21. The molecule has 0 saturated carbocycles. The summed E-state index contributed by atoms with van der Waals surface area (Å²) in [6.45, 7) is 2.05. The van der Waals surface area contributed by atoms with E-state index < -0.39 is 0 Å². The quantitative estimate of drug-likeness (QED) is 0.877. The Morgan fingerprint density at radius 3 is 2.76 bits per heavy atom. The molecule has 1 heterocycles. The number of nitrogens with two attached hydrogens (primary N) is 1. The van der Waals surface area contributed by atoms with Crippen LogP contribution in [-0.4, -0.2) is 12.1 Å². The van der Waals surface area contributed by atoms with Gasteiger partial charge in [0.05, 0.1) is 13.2 Å². The van der Waals surface area contributed by atoms with E-state index in [1.165, 1.54) is 5.56 Å². The molecule has 0 amide bonds. The van der Waals surface area contributed by atoms with Gasteiger partial charge in [-0.05, 0) is 24.6 Å². The Balaban J connectivity index is 2.40. The Morgan fingerprint density at radius 2 is 2.06 bits per heavy atom. The van der Waals surface area contributed by atoms with E-state index in [0.29, 0.717) is 0 Å². The first-order chi connectivity index (χ1) is 8.22. The lowest BCUT2D eigenvalue weighted by Gasteiger charge is -2.15. The zero-order chi connectivity index (χ0) is 12.3. The number of aryl methyl sites for hydroxylation is 1. The van der Waals surface area contributed by atoms with Crippen LogP contribution in [0.4, 0.5) is 0 Å². The van der Waals surface area contributed by atoms with Crippen molar-refractivity contribution in [3.05, 3.63) is 59.4 Å². The molecule has 1 aromatic heterocycles. The molecular weight excluding hydrogens is 212 g/mol. The third kappa shape index (κ3) is 2.45. The minimum atomic E-state index is -0.258. The summed E-state index contributed by atoms with van der Waals surface area (Å²) in [4.78, 5) is 4.31. The van der Waals surface area contributed by atoms with Gasteiger partial charge in [-0.3, -0.25) is 4.98 Å². The van der Waals surface area contributed by atoms with Crippen molar-refractivity contribution < 1.29 is 4.74 Å². The maximum absolute atomic E-state index is 6.22. The van der Waals surface area contributed by atoms with Gasteiger partial charge in [0, 0.05) is 6.20 Å². The Hall–Kier alpha value is -1.87. The van der Waals surface area contributed by atoms with Gasteiger partial charge in [0.15, 0.2) is 0 Å². The molecule has 0 radical (unpaired) electrons. The lowest BCUT2D eigenvalue weighted by Crippen LogP contribution is -2.14. The van der Waals surface area contributed by atoms with Crippen molar-refractivity contribution in [2.45, 2.75) is 13.0 Å². The van der Waals surface area contributed by atoms with Gasteiger partial charge in [-0.15, -0.1) is 0 Å². The normalized spacial score (nSPS) is 12.2. The Morgan fingerprint density at radius 1 is 1.24 bits per heavy atom. The van der Waals surface area contributed by atoms with E-state index in [-0.39, 0.29) is 6.04 Å². The molecule has 0 fully saturated rings. The average molecular weight is 228 g/mol. The fraction of sp³-hybridized carbons (Fsp3) is 0.214. The molecule has 2 aromatic rings. The highest BCUT2D eigenvalue weighted by Gasteiger charge is 2.14. The number of ether oxygens (including phenoxy) is 1. The first kappa shape index (κ1) is 11.6. The number of rotatable bonds is 3. The van der Waals surface area contributed by atoms with E-state index in [2.05, 4.69) is 11.1 Å². The van der Waals surface area contributed by atoms with Gasteiger partial charge < -0.3 is 10.5 Å². The predicted octanol–water partition coefficient (Wildman–Crippen LogP) is 2.45. The van der Waals surface area contributed by atoms with E-state index in [9.17, 15) is 0 Å². The van der Waals surface area contributed by atoms with E-state index in [0.717, 1.165) is 17.0 Å². The minimum absolute atomic E-state index is 0.258. The highest BCUT2D eigenvalue weighted by Crippen LogP contribution is 2.26. The van der Waals surface area contributed by atoms with Gasteiger partial charge >= 0.3 is 0 Å². The average Bonchev–Trinajstić information content (AvgIpc) is 2.38. The van der Waals surface area contributed by atoms with E-state index >= 15 is 0 Å². The van der Waals surface area contributed by atoms with Gasteiger partial charge in [-0.1, -0.05) is 29.8 Å². The molecule has 88 valence electrons. The monoisotopic (exact) mass is 228 g/mol. The van der Waals surface area contributed by atoms with Crippen molar-refractivity contribution in [2.75, 3.05) is 7.11 Å². The third-order valence-electron chi connectivity index (χ3n) is 2.72. The first-order valence-corrected chi connectivity index (χ1v) is 5.53. The van der Waals surface area contributed by atoms with Crippen molar-refractivity contribution in [3.63, 3.8) is 0 Å². The fourth-order valence-electron chi connectivity index (χ4n) is 1.83. The minimum Gasteiger partial charge on any atom is -0.495 e. The SMILES string of the molecule is COc1cccnc1C(N)c1cccc(C)c1. The molecule has 17 heavy (non-hydrogen) atoms. The molecule has 1 aromatic carbocycles. The van der Waals surface area contributed by atoms with Crippen molar-refractivity contribution in [3.8, 4) is 5.75 Å². The first-order valence-electron chi connectivity index (χ1n) is 5.53. The maximum Gasteiger partial charge on any atom is 0.142 e. The molecule has 0 bridgehead atoms. The largest absolute Gasteiger partial charge is 0.495 e. The lowest BCUT2D eigenvalue weighted by molar-refractivity contribution is 0.404. The van der Waals surface area contributed by atoms with Crippen molar-refractivity contribution >= 4 is 0 Å². The van der Waals surface area contributed by atoms with Crippen molar-refractivity contribution in [2.24, 2.45) is 5.73 Å². The van der Waals surface area contributed by atoms with Gasteiger partial charge in [0.25, 0.3) is 0 Å². The number of aromatic nitrogens is 1. The van der Waals surface area contributed by atoms with Crippen LogP contribution in [0, 0.1) is 6.92 Å². The van der Waals surface area contributed by atoms with Crippen LogP contribution < -0.4 is 10.5 Å². The number of pyridine rings is 1. The standard InChI is InChI=1S/C14H16N2O/c1-10-5-3-6-11(9-10)13(15)14-12(17-2)7-4-8-16-14/h3-9,13H,15H2,1-2H3. The summed E-state index contributed by atoms with van der Waals surface area (Å²) in [7, 11) is 1.63. The second kappa shape index (κ2) is 4.97. The Kier molecular flexibility index (Phi) is 3.40. The topological polar surface area (TPSA) is 48.1 Å². The highest BCUT2D eigenvalue weighted by molar-refractivity contribution is 5.37. The molecule has 1 atom stereocenters. The van der Waals surface area contributed by atoms with Crippen molar-refractivity contribution in [1.29, 1.82) is 0 Å². The summed E-state index contributed by atoms with van der Waals surface area (Å²) >= 11 is 0. The summed E-state index contributed by atoms with van der Waals surface area (Å²) in [6.07, 6.45) is 1.73. The zero-order valence-electron chi connectivity index (χ0n) is 10.1. The molecule has 0 spiro atoms. The summed E-state index contributed by atoms with van der Waals surface area (Å²) in [5, 5.41) is 0. The van der Waals surface area contributed by atoms with Gasteiger partial charge in [-0.2, -0.15) is 0 Å². The second-order valence-electron chi connectivity index (χ2n) is 3.98. The van der Waals surface area contributed by atoms with Gasteiger partial charge in [0.2, 0.25) is 0 Å². The van der Waals surface area contributed by atoms with Crippen LogP contribution >= 0.6 is 0 Å². The molecule has 2 N–H and O–H groups in total. The van der Waals surface area contributed by atoms with Crippen LogP contribution in [0.5, 0.6) is 5.75 Å². The lowest BCUT2D eigenvalue weighted by atomic mass is 10.0. The third-order valence-corrected chi connectivity index (χ3v) is 2.72. The van der Waals surface area contributed by atoms with Crippen LogP contribution in [0.15, 0.2) is 42.6 Å². The molecular formula is C14H16N2O. The number of hydrogen-bond acceptors (Lipinski definition) is 3. The van der Waals surface area contributed by atoms with E-state index in [1.807, 2.05) is 37.3 Å². The van der Waals surface area contributed by atoms with Crippen molar-refractivity contribution in [1.82, 2.24) is 4.98 Å². The van der Waals surface area contributed by atoms with E-state index in [1.54, 1.807) is 13.3 Å². The summed E-state index contributed by atoms with van der Waals surface area (Å²) in [5.74, 6) is 0.724. The smallest absolute Gasteiger partial charge is 0.142 e. The predicted molar refractivity (Wildman–Crippen MR) is 68.0 cm³/mol. The number of nitrogens with zero attached hydrogens (tertiary/aromatic N) is 1. The Bertz CT molecular complexity index is 511. The zero-order valence-corrected chi connectivity index (χ0v) is 10.1. The molecule has 0 aliphatic rings. The molecule has 3 nitrogen and oxygen atoms in total. The van der Waals surface area contributed by atoms with Gasteiger partial charge in [0.1, 0.15) is 11.4 Å². The fourth-order valence-corrected chi connectivity index (χ4v) is 1.83. The van der Waals surface area contributed by atoms with Crippen LogP contribution in [0.1, 0.15) is 22.9 Å². The highest BCUT2D eigenvalue weighted by atomic mass is 16.5. The van der Waals surface area contributed by atoms with Crippen LogP contribution in [0.3, 0.4) is 0 Å². The van der Waals surface area contributed by atoms with Crippen LogP contribution in [0.2, 0.25) is 0 Å². The second-order valence-corrected chi connectivity index (χ2v) is 3.98. The molecule has 2 rings (SSSR count). The molecule has 0 aliphatic heterocycles.